The number of amides is 2. The van der Waals surface area contributed by atoms with Crippen molar-refractivity contribution in [3.63, 3.8) is 0 Å². The van der Waals surface area contributed by atoms with Crippen LogP contribution in [0.2, 0.25) is 0 Å². The summed E-state index contributed by atoms with van der Waals surface area (Å²) in [6.07, 6.45) is 2.34. The molecule has 31 heavy (non-hydrogen) atoms. The van der Waals surface area contributed by atoms with Gasteiger partial charge in [0.25, 0.3) is 5.91 Å². The van der Waals surface area contributed by atoms with Gasteiger partial charge in [-0.15, -0.1) is 0 Å². The number of benzene rings is 2. The van der Waals surface area contributed by atoms with E-state index in [0.717, 1.165) is 11.3 Å². The molecule has 1 heterocycles. The van der Waals surface area contributed by atoms with Crippen LogP contribution in [0.4, 0.5) is 5.69 Å². The monoisotopic (exact) mass is 455 g/mol. The van der Waals surface area contributed by atoms with Crippen molar-refractivity contribution < 1.29 is 24.2 Å². The van der Waals surface area contributed by atoms with E-state index in [9.17, 15) is 19.5 Å². The molecule has 0 bridgehead atoms. The van der Waals surface area contributed by atoms with Gasteiger partial charge < -0.3 is 20.0 Å². The summed E-state index contributed by atoms with van der Waals surface area (Å²) in [5, 5.41) is 13.5. The zero-order valence-electron chi connectivity index (χ0n) is 16.6. The number of hydrogen-bond donors (Lipinski definition) is 1. The number of anilines is 1. The Balaban J connectivity index is 1.53. The highest BCUT2D eigenvalue weighted by molar-refractivity contribution is 8.26. The molecule has 9 heteroatoms. The van der Waals surface area contributed by atoms with Gasteiger partial charge >= 0.3 is 0 Å². The summed E-state index contributed by atoms with van der Waals surface area (Å²) in [6.45, 7) is 0.317. The lowest BCUT2D eigenvalue weighted by Gasteiger charge is -2.14. The summed E-state index contributed by atoms with van der Waals surface area (Å²) in [4.78, 5) is 37.7. The molecule has 160 valence electrons. The fourth-order valence-electron chi connectivity index (χ4n) is 2.89. The predicted molar refractivity (Wildman–Crippen MR) is 122 cm³/mol. The highest BCUT2D eigenvalue weighted by Crippen LogP contribution is 2.33. The first-order valence-electron chi connectivity index (χ1n) is 9.38. The minimum absolute atomic E-state index is 0.0148. The molecule has 0 aliphatic carbocycles. The van der Waals surface area contributed by atoms with Gasteiger partial charge in [-0.3, -0.25) is 14.5 Å². The minimum atomic E-state index is -1.31. The van der Waals surface area contributed by atoms with Gasteiger partial charge in [0.15, 0.2) is 0 Å². The third kappa shape index (κ3) is 5.93. The molecule has 1 aliphatic heterocycles. The van der Waals surface area contributed by atoms with Gasteiger partial charge in [0.05, 0.1) is 18.0 Å². The van der Waals surface area contributed by atoms with Crippen LogP contribution in [0.3, 0.4) is 0 Å². The number of carboxylic acid groups (broad SMARTS) is 1. The average molecular weight is 456 g/mol. The Bertz CT molecular complexity index is 1050. The molecule has 0 radical (unpaired) electrons. The number of carboxylic acids is 1. The van der Waals surface area contributed by atoms with Gasteiger partial charge in [0, 0.05) is 18.7 Å². The molecule has 2 aromatic rings. The smallest absolute Gasteiger partial charge is 0.266 e. The highest BCUT2D eigenvalue weighted by Gasteiger charge is 2.31. The number of thioether (sulfide) groups is 1. The largest absolute Gasteiger partial charge is 0.545 e. The Morgan fingerprint density at radius 3 is 2.65 bits per heavy atom. The second kappa shape index (κ2) is 10.2. The van der Waals surface area contributed by atoms with Crippen molar-refractivity contribution in [2.75, 3.05) is 19.0 Å². The number of hydrogen-bond acceptors (Lipinski definition) is 7. The fraction of sp³-hybridized carbons (Fsp3) is 0.182. The lowest BCUT2D eigenvalue weighted by molar-refractivity contribution is -0.255. The molecule has 7 nitrogen and oxygen atoms in total. The maximum absolute atomic E-state index is 12.7. The fourth-order valence-corrected chi connectivity index (χ4v) is 4.20. The molecule has 1 fully saturated rings. The van der Waals surface area contributed by atoms with Crippen molar-refractivity contribution in [1.29, 1.82) is 0 Å². The van der Waals surface area contributed by atoms with Gasteiger partial charge in [0.1, 0.15) is 10.1 Å². The predicted octanol–water partition coefficient (Wildman–Crippen LogP) is 2.68. The number of ether oxygens (including phenoxy) is 1. The van der Waals surface area contributed by atoms with E-state index >= 15 is 0 Å². The zero-order chi connectivity index (χ0) is 22.4. The van der Waals surface area contributed by atoms with Crippen LogP contribution in [0.25, 0.3) is 6.08 Å². The van der Waals surface area contributed by atoms with Crippen molar-refractivity contribution >= 4 is 57.8 Å². The second-order valence-electron chi connectivity index (χ2n) is 6.63. The number of methoxy groups -OCH3 is 1. The van der Waals surface area contributed by atoms with Crippen LogP contribution in [0.15, 0.2) is 53.4 Å². The second-order valence-corrected chi connectivity index (χ2v) is 8.30. The lowest BCUT2D eigenvalue weighted by Crippen LogP contribution is -2.29. The van der Waals surface area contributed by atoms with Crippen LogP contribution in [0.5, 0.6) is 5.75 Å². The van der Waals surface area contributed by atoms with Gasteiger partial charge in [-0.25, -0.2) is 0 Å². The summed E-state index contributed by atoms with van der Waals surface area (Å²) in [5.74, 6) is -1.05. The van der Waals surface area contributed by atoms with E-state index in [1.165, 1.54) is 34.9 Å². The molecular formula is C22H19N2O5S2-. The summed E-state index contributed by atoms with van der Waals surface area (Å²) in [5.41, 5.74) is 1.22. The maximum atomic E-state index is 12.7. The molecule has 1 aliphatic rings. The number of nitrogens with one attached hydrogen (secondary N) is 1. The van der Waals surface area contributed by atoms with E-state index in [1.807, 2.05) is 24.3 Å². The quantitative estimate of drug-likeness (QED) is 0.483. The lowest BCUT2D eigenvalue weighted by atomic mass is 10.2. The Kier molecular flexibility index (Phi) is 7.43. The van der Waals surface area contributed by atoms with Crippen LogP contribution >= 0.6 is 24.0 Å². The molecule has 0 unspecified atom stereocenters. The average Bonchev–Trinajstić information content (AvgIpc) is 3.01. The van der Waals surface area contributed by atoms with Crippen molar-refractivity contribution in [3.8, 4) is 5.75 Å². The van der Waals surface area contributed by atoms with E-state index in [1.54, 1.807) is 19.3 Å². The standard InChI is InChI=1S/C22H20N2O5S2/c1-29-17-9-7-14(8-10-17)12-18-20(26)24(22(30)31-18)11-3-6-19(25)23-16-5-2-4-15(13-16)21(27)28/h2,4-5,7-10,12-13H,3,6,11H2,1H3,(H,23,25)(H,27,28)/p-1/b18-12-. The number of carbonyl (C=O) groups excluding carboxylic acids is 3. The third-order valence-corrected chi connectivity index (χ3v) is 5.83. The SMILES string of the molecule is COc1ccc(/C=C2\SC(=S)N(CCCC(=O)Nc3cccc(C(=O)[O-])c3)C2=O)cc1. The van der Waals surface area contributed by atoms with Crippen molar-refractivity contribution in [3.05, 3.63) is 64.6 Å². The van der Waals surface area contributed by atoms with Crippen molar-refractivity contribution in [1.82, 2.24) is 4.90 Å². The van der Waals surface area contributed by atoms with Crippen molar-refractivity contribution in [2.24, 2.45) is 0 Å². The van der Waals surface area contributed by atoms with Gasteiger partial charge in [-0.1, -0.05) is 48.2 Å². The number of aromatic carboxylic acids is 1. The normalized spacial score (nSPS) is 14.7. The van der Waals surface area contributed by atoms with Crippen molar-refractivity contribution in [2.45, 2.75) is 12.8 Å². The summed E-state index contributed by atoms with van der Waals surface area (Å²) in [6, 6.07) is 13.2. The third-order valence-electron chi connectivity index (χ3n) is 4.45. The molecule has 0 atom stereocenters. The van der Waals surface area contributed by atoms with Crippen LogP contribution in [-0.2, 0) is 9.59 Å². The van der Waals surface area contributed by atoms with E-state index in [0.29, 0.717) is 27.9 Å². The van der Waals surface area contributed by atoms with Gasteiger partial charge in [0.2, 0.25) is 5.91 Å². The summed E-state index contributed by atoms with van der Waals surface area (Å²) in [7, 11) is 1.59. The Morgan fingerprint density at radius 1 is 1.23 bits per heavy atom. The topological polar surface area (TPSA) is 98.8 Å². The molecular weight excluding hydrogens is 436 g/mol. The minimum Gasteiger partial charge on any atom is -0.545 e. The number of rotatable bonds is 8. The van der Waals surface area contributed by atoms with Gasteiger partial charge in [-0.2, -0.15) is 0 Å². The molecule has 0 aromatic heterocycles. The van der Waals surface area contributed by atoms with E-state index in [-0.39, 0.29) is 23.8 Å². The Hall–Kier alpha value is -3.17. The van der Waals surface area contributed by atoms with Crippen LogP contribution in [0, 0.1) is 0 Å². The molecule has 3 rings (SSSR count). The molecule has 1 saturated heterocycles. The molecule has 0 saturated carbocycles. The summed E-state index contributed by atoms with van der Waals surface area (Å²) < 4.78 is 5.58. The van der Waals surface area contributed by atoms with Crippen LogP contribution in [-0.4, -0.2) is 40.7 Å². The first-order valence-corrected chi connectivity index (χ1v) is 10.6. The van der Waals surface area contributed by atoms with Crippen LogP contribution in [0.1, 0.15) is 28.8 Å². The number of carbonyl (C=O) groups is 3. The Morgan fingerprint density at radius 2 is 1.97 bits per heavy atom. The number of nitrogens with zero attached hydrogens (tertiary/aromatic N) is 1. The first kappa shape index (κ1) is 22.5. The van der Waals surface area contributed by atoms with Crippen LogP contribution < -0.4 is 15.2 Å². The first-order chi connectivity index (χ1) is 14.9. The maximum Gasteiger partial charge on any atom is 0.266 e. The molecule has 1 N–H and O–H groups in total. The summed E-state index contributed by atoms with van der Waals surface area (Å²) >= 11 is 6.55. The Labute approximate surface area is 189 Å². The highest BCUT2D eigenvalue weighted by atomic mass is 32.2. The van der Waals surface area contributed by atoms with Gasteiger partial charge in [-0.05, 0) is 47.9 Å². The van der Waals surface area contributed by atoms with E-state index < -0.39 is 5.97 Å². The van der Waals surface area contributed by atoms with E-state index in [4.69, 9.17) is 17.0 Å². The molecule has 0 spiro atoms. The molecule has 2 aromatic carbocycles. The number of thiocarbonyl (C=S) groups is 1. The van der Waals surface area contributed by atoms with E-state index in [2.05, 4.69) is 5.32 Å². The zero-order valence-corrected chi connectivity index (χ0v) is 18.3. The molecule has 2 amide bonds.